The number of urea groups is 1. The molecular weight excluding hydrogens is 290 g/mol. The van der Waals surface area contributed by atoms with Gasteiger partial charge >= 0.3 is 6.03 Å². The standard InChI is InChI=1S/C18H27N3O2/c1-2-21(13-15-9-5-3-6-10-15)14-17(22)20-18(23)19-16-11-7-4-8-12-16/h3,5-6,9-10,16H,2,4,7-8,11-14H2,1H3,(H2,19,20,22,23)/p+1. The van der Waals surface area contributed by atoms with E-state index >= 15 is 0 Å². The van der Waals surface area contributed by atoms with E-state index in [2.05, 4.69) is 22.8 Å². The summed E-state index contributed by atoms with van der Waals surface area (Å²) < 4.78 is 0. The Morgan fingerprint density at radius 3 is 2.48 bits per heavy atom. The van der Waals surface area contributed by atoms with Crippen molar-refractivity contribution in [1.82, 2.24) is 10.6 Å². The van der Waals surface area contributed by atoms with E-state index in [-0.39, 0.29) is 18.0 Å². The molecule has 1 aromatic carbocycles. The number of carbonyl (C=O) groups is 2. The van der Waals surface area contributed by atoms with Gasteiger partial charge in [-0.1, -0.05) is 49.6 Å². The van der Waals surface area contributed by atoms with E-state index < -0.39 is 0 Å². The van der Waals surface area contributed by atoms with Crippen LogP contribution in [0.1, 0.15) is 44.6 Å². The number of imide groups is 1. The number of nitrogens with one attached hydrogen (secondary N) is 3. The number of carbonyl (C=O) groups excluding carboxylic acids is 2. The topological polar surface area (TPSA) is 62.6 Å². The lowest BCUT2D eigenvalue weighted by Crippen LogP contribution is -3.11. The lowest BCUT2D eigenvalue weighted by atomic mass is 9.96. The molecule has 1 saturated carbocycles. The highest BCUT2D eigenvalue weighted by Gasteiger charge is 2.19. The molecule has 1 aromatic rings. The number of quaternary nitrogens is 1. The highest BCUT2D eigenvalue weighted by molar-refractivity contribution is 5.94. The Bertz CT molecular complexity index is 498. The van der Waals surface area contributed by atoms with E-state index in [1.165, 1.54) is 12.0 Å². The van der Waals surface area contributed by atoms with Gasteiger partial charge in [0.1, 0.15) is 6.54 Å². The second-order valence-electron chi connectivity index (χ2n) is 6.30. The van der Waals surface area contributed by atoms with Gasteiger partial charge in [0.2, 0.25) is 0 Å². The number of rotatable bonds is 6. The Kier molecular flexibility index (Phi) is 7.07. The van der Waals surface area contributed by atoms with Crippen molar-refractivity contribution in [3.63, 3.8) is 0 Å². The summed E-state index contributed by atoms with van der Waals surface area (Å²) >= 11 is 0. The highest BCUT2D eigenvalue weighted by atomic mass is 16.2. The third kappa shape index (κ3) is 6.40. The normalized spacial score (nSPS) is 16.6. The molecule has 3 N–H and O–H groups in total. The van der Waals surface area contributed by atoms with Crippen molar-refractivity contribution >= 4 is 11.9 Å². The minimum Gasteiger partial charge on any atom is -0.335 e. The molecule has 5 heteroatoms. The molecule has 0 bridgehead atoms. The minimum atomic E-state index is -0.350. The van der Waals surface area contributed by atoms with Gasteiger partial charge in [0, 0.05) is 11.6 Å². The van der Waals surface area contributed by atoms with Crippen LogP contribution in [0.5, 0.6) is 0 Å². The Hall–Kier alpha value is -1.88. The zero-order valence-electron chi connectivity index (χ0n) is 13.9. The summed E-state index contributed by atoms with van der Waals surface area (Å²) in [5.74, 6) is -0.217. The summed E-state index contributed by atoms with van der Waals surface area (Å²) in [6, 6.07) is 9.97. The van der Waals surface area contributed by atoms with Crippen LogP contribution in [0.3, 0.4) is 0 Å². The summed E-state index contributed by atoms with van der Waals surface area (Å²) in [5, 5.41) is 5.38. The largest absolute Gasteiger partial charge is 0.335 e. The van der Waals surface area contributed by atoms with Crippen molar-refractivity contribution in [2.75, 3.05) is 13.1 Å². The van der Waals surface area contributed by atoms with E-state index in [1.54, 1.807) is 0 Å². The number of benzene rings is 1. The molecule has 0 aromatic heterocycles. The second kappa shape index (κ2) is 9.30. The first-order valence-electron chi connectivity index (χ1n) is 8.65. The molecule has 0 radical (unpaired) electrons. The van der Waals surface area contributed by atoms with Crippen LogP contribution in [0.2, 0.25) is 0 Å². The quantitative estimate of drug-likeness (QED) is 0.739. The molecule has 1 aliphatic carbocycles. The molecular formula is C18H28N3O2+. The van der Waals surface area contributed by atoms with Crippen LogP contribution >= 0.6 is 0 Å². The van der Waals surface area contributed by atoms with Crippen molar-refractivity contribution in [3.8, 4) is 0 Å². The average Bonchev–Trinajstić information content (AvgIpc) is 2.56. The number of hydrogen-bond donors (Lipinski definition) is 3. The maximum atomic E-state index is 12.1. The monoisotopic (exact) mass is 318 g/mol. The Morgan fingerprint density at radius 2 is 1.83 bits per heavy atom. The van der Waals surface area contributed by atoms with Crippen molar-refractivity contribution in [1.29, 1.82) is 0 Å². The molecule has 5 nitrogen and oxygen atoms in total. The summed E-state index contributed by atoms with van der Waals surface area (Å²) in [6.07, 6.45) is 5.59. The third-order valence-corrected chi connectivity index (χ3v) is 4.40. The first-order valence-corrected chi connectivity index (χ1v) is 8.65. The predicted octanol–water partition coefficient (Wildman–Crippen LogP) is 1.25. The Labute approximate surface area is 138 Å². The number of amides is 3. The molecule has 2 rings (SSSR count). The van der Waals surface area contributed by atoms with Crippen molar-refractivity contribution in [2.24, 2.45) is 0 Å². The highest BCUT2D eigenvalue weighted by Crippen LogP contribution is 2.16. The smallest absolute Gasteiger partial charge is 0.321 e. The molecule has 3 amide bonds. The first-order chi connectivity index (χ1) is 11.2. The molecule has 0 saturated heterocycles. The summed E-state index contributed by atoms with van der Waals surface area (Å²) in [7, 11) is 0. The molecule has 23 heavy (non-hydrogen) atoms. The maximum Gasteiger partial charge on any atom is 0.321 e. The SMILES string of the molecule is CC[NH+](CC(=O)NC(=O)NC1CCCCC1)Cc1ccccc1. The van der Waals surface area contributed by atoms with E-state index in [0.29, 0.717) is 6.54 Å². The number of hydrogen-bond acceptors (Lipinski definition) is 2. The second-order valence-corrected chi connectivity index (χ2v) is 6.30. The lowest BCUT2D eigenvalue weighted by molar-refractivity contribution is -0.904. The van der Waals surface area contributed by atoms with Crippen LogP contribution in [0.25, 0.3) is 0 Å². The van der Waals surface area contributed by atoms with E-state index in [9.17, 15) is 9.59 Å². The van der Waals surface area contributed by atoms with Gasteiger partial charge in [0.25, 0.3) is 5.91 Å². The van der Waals surface area contributed by atoms with Gasteiger partial charge < -0.3 is 10.2 Å². The van der Waals surface area contributed by atoms with E-state index in [0.717, 1.165) is 43.7 Å². The fraction of sp³-hybridized carbons (Fsp3) is 0.556. The summed E-state index contributed by atoms with van der Waals surface area (Å²) in [4.78, 5) is 25.1. The molecule has 1 unspecified atom stereocenters. The van der Waals surface area contributed by atoms with Gasteiger partial charge in [-0.25, -0.2) is 4.79 Å². The average molecular weight is 318 g/mol. The molecule has 1 atom stereocenters. The molecule has 1 aliphatic rings. The Morgan fingerprint density at radius 1 is 1.13 bits per heavy atom. The number of likely N-dealkylation sites (N-methyl/N-ethyl adjacent to an activating group) is 1. The van der Waals surface area contributed by atoms with Crippen LogP contribution < -0.4 is 15.5 Å². The van der Waals surface area contributed by atoms with Crippen LogP contribution in [0.15, 0.2) is 30.3 Å². The summed E-state index contributed by atoms with van der Waals surface area (Å²) in [5.41, 5.74) is 1.20. The van der Waals surface area contributed by atoms with Crippen LogP contribution in [0, 0.1) is 0 Å². The minimum absolute atomic E-state index is 0.217. The van der Waals surface area contributed by atoms with Gasteiger partial charge in [-0.2, -0.15) is 0 Å². The van der Waals surface area contributed by atoms with Gasteiger partial charge in [-0.15, -0.1) is 0 Å². The van der Waals surface area contributed by atoms with Crippen molar-refractivity contribution < 1.29 is 14.5 Å². The molecule has 126 valence electrons. The first kappa shape index (κ1) is 17.5. The van der Waals surface area contributed by atoms with Gasteiger partial charge in [0.15, 0.2) is 6.54 Å². The fourth-order valence-electron chi connectivity index (χ4n) is 3.06. The molecule has 1 fully saturated rings. The van der Waals surface area contributed by atoms with E-state index in [1.807, 2.05) is 25.1 Å². The molecule has 0 aliphatic heterocycles. The van der Waals surface area contributed by atoms with Crippen molar-refractivity contribution in [3.05, 3.63) is 35.9 Å². The summed E-state index contributed by atoms with van der Waals surface area (Å²) in [6.45, 7) is 3.98. The zero-order valence-corrected chi connectivity index (χ0v) is 13.9. The fourth-order valence-corrected chi connectivity index (χ4v) is 3.06. The van der Waals surface area contributed by atoms with E-state index in [4.69, 9.17) is 0 Å². The zero-order chi connectivity index (χ0) is 16.5. The lowest BCUT2D eigenvalue weighted by Gasteiger charge is -2.23. The van der Waals surface area contributed by atoms with Crippen LogP contribution in [0.4, 0.5) is 4.79 Å². The van der Waals surface area contributed by atoms with Crippen LogP contribution in [-0.2, 0) is 11.3 Å². The molecule has 0 spiro atoms. The van der Waals surface area contributed by atoms with Crippen LogP contribution in [-0.4, -0.2) is 31.1 Å². The Balaban J connectivity index is 1.74. The van der Waals surface area contributed by atoms with Crippen molar-refractivity contribution in [2.45, 2.75) is 51.6 Å². The maximum absolute atomic E-state index is 12.1. The third-order valence-electron chi connectivity index (χ3n) is 4.40. The predicted molar refractivity (Wildman–Crippen MR) is 90.1 cm³/mol. The van der Waals surface area contributed by atoms with Gasteiger partial charge in [0.05, 0.1) is 6.54 Å². The van der Waals surface area contributed by atoms with Gasteiger partial charge in [-0.3, -0.25) is 10.1 Å². The molecule has 0 heterocycles. The van der Waals surface area contributed by atoms with Gasteiger partial charge in [-0.05, 0) is 19.8 Å².